The van der Waals surface area contributed by atoms with Crippen LogP contribution in [0, 0.1) is 6.92 Å². The first-order valence-corrected chi connectivity index (χ1v) is 13.5. The van der Waals surface area contributed by atoms with E-state index in [0.717, 1.165) is 28.8 Å². The molecule has 1 aromatic heterocycles. The molecular formula is C20H28N4O4S3. The molecule has 0 unspecified atom stereocenters. The number of hydrogen-bond acceptors (Lipinski definition) is 8. The van der Waals surface area contributed by atoms with Crippen LogP contribution in [0.5, 0.6) is 0 Å². The Morgan fingerprint density at radius 3 is 2.61 bits per heavy atom. The van der Waals surface area contributed by atoms with Crippen LogP contribution in [0.4, 0.5) is 11.4 Å². The quantitative estimate of drug-likeness (QED) is 0.547. The van der Waals surface area contributed by atoms with Gasteiger partial charge in [-0.3, -0.25) is 4.79 Å². The van der Waals surface area contributed by atoms with Crippen molar-refractivity contribution in [3.05, 3.63) is 29.3 Å². The third-order valence-corrected chi connectivity index (χ3v) is 8.91. The Hall–Kier alpha value is -1.66. The van der Waals surface area contributed by atoms with Gasteiger partial charge in [0.15, 0.2) is 4.34 Å². The van der Waals surface area contributed by atoms with Crippen molar-refractivity contribution in [3.63, 3.8) is 0 Å². The van der Waals surface area contributed by atoms with Crippen molar-refractivity contribution in [2.24, 2.45) is 0 Å². The summed E-state index contributed by atoms with van der Waals surface area (Å²) in [4.78, 5) is 19.3. The van der Waals surface area contributed by atoms with E-state index in [0.29, 0.717) is 32.0 Å². The maximum atomic E-state index is 13.1. The van der Waals surface area contributed by atoms with Gasteiger partial charge in [-0.25, -0.2) is 13.4 Å². The number of nitrogens with zero attached hydrogens (tertiary/aromatic N) is 3. The third-order valence-electron chi connectivity index (χ3n) is 4.88. The number of anilines is 2. The fourth-order valence-corrected chi connectivity index (χ4v) is 6.35. The average Bonchev–Trinajstić information content (AvgIpc) is 3.19. The van der Waals surface area contributed by atoms with Crippen LogP contribution in [-0.2, 0) is 19.6 Å². The predicted molar refractivity (Wildman–Crippen MR) is 126 cm³/mol. The Labute approximate surface area is 192 Å². The van der Waals surface area contributed by atoms with E-state index < -0.39 is 10.0 Å². The highest BCUT2D eigenvalue weighted by molar-refractivity contribution is 8.01. The number of amides is 1. The second-order valence-corrected chi connectivity index (χ2v) is 11.0. The lowest BCUT2D eigenvalue weighted by Gasteiger charge is -2.28. The molecule has 1 N–H and O–H groups in total. The number of thioether (sulfide) groups is 1. The maximum absolute atomic E-state index is 13.1. The molecule has 1 amide bonds. The number of hydrogen-bond donors (Lipinski definition) is 1. The largest absolute Gasteiger partial charge is 0.379 e. The lowest BCUT2D eigenvalue weighted by molar-refractivity contribution is -0.113. The van der Waals surface area contributed by atoms with Crippen molar-refractivity contribution < 1.29 is 17.9 Å². The van der Waals surface area contributed by atoms with Crippen molar-refractivity contribution in [2.75, 3.05) is 55.4 Å². The zero-order valence-corrected chi connectivity index (χ0v) is 20.4. The summed E-state index contributed by atoms with van der Waals surface area (Å²) >= 11 is 2.87. The van der Waals surface area contributed by atoms with Crippen molar-refractivity contribution in [2.45, 2.75) is 30.0 Å². The van der Waals surface area contributed by atoms with Gasteiger partial charge in [-0.2, -0.15) is 4.31 Å². The van der Waals surface area contributed by atoms with E-state index in [1.165, 1.54) is 27.4 Å². The zero-order chi connectivity index (χ0) is 22.4. The number of sulfonamides is 1. The summed E-state index contributed by atoms with van der Waals surface area (Å²) in [5, 5.41) is 4.86. The number of ether oxygens (including phenoxy) is 1. The molecule has 0 saturated carbocycles. The fourth-order valence-electron chi connectivity index (χ4n) is 3.26. The van der Waals surface area contributed by atoms with Gasteiger partial charge in [0.25, 0.3) is 0 Å². The second-order valence-electron chi connectivity index (χ2n) is 6.96. The molecule has 1 fully saturated rings. The van der Waals surface area contributed by atoms with Gasteiger partial charge in [0.2, 0.25) is 15.9 Å². The van der Waals surface area contributed by atoms with E-state index in [4.69, 9.17) is 4.74 Å². The van der Waals surface area contributed by atoms with E-state index in [9.17, 15) is 13.2 Å². The Morgan fingerprint density at radius 1 is 1.29 bits per heavy atom. The van der Waals surface area contributed by atoms with Crippen molar-refractivity contribution in [3.8, 4) is 0 Å². The van der Waals surface area contributed by atoms with Crippen LogP contribution in [0.15, 0.2) is 32.8 Å². The van der Waals surface area contributed by atoms with E-state index in [-0.39, 0.29) is 16.6 Å². The molecule has 3 rings (SSSR count). The average molecular weight is 485 g/mol. The predicted octanol–water partition coefficient (Wildman–Crippen LogP) is 3.05. The number of thiazole rings is 1. The van der Waals surface area contributed by atoms with Gasteiger partial charge in [0, 0.05) is 37.3 Å². The standard InChI is InChI=1S/C20H28N4O4S3/c1-4-23(5-2)18-7-6-16(31(26,27)24-8-10-28-11-9-24)12-17(18)22-19(25)14-30-20-21-15(3)13-29-20/h6-7,12-13H,4-5,8-11,14H2,1-3H3,(H,22,25). The van der Waals surface area contributed by atoms with E-state index >= 15 is 0 Å². The SMILES string of the molecule is CCN(CC)c1ccc(S(=O)(=O)N2CCOCC2)cc1NC(=O)CSc1nc(C)cs1. The highest BCUT2D eigenvalue weighted by Gasteiger charge is 2.27. The molecule has 0 radical (unpaired) electrons. The minimum atomic E-state index is -3.66. The number of nitrogens with one attached hydrogen (secondary N) is 1. The summed E-state index contributed by atoms with van der Waals surface area (Å²) in [7, 11) is -3.66. The molecule has 11 heteroatoms. The van der Waals surface area contributed by atoms with Crippen LogP contribution < -0.4 is 10.2 Å². The topological polar surface area (TPSA) is 91.8 Å². The lowest BCUT2D eigenvalue weighted by atomic mass is 10.2. The molecule has 1 aliphatic heterocycles. The van der Waals surface area contributed by atoms with Gasteiger partial charge in [-0.15, -0.1) is 11.3 Å². The van der Waals surface area contributed by atoms with Gasteiger partial charge in [-0.05, 0) is 39.0 Å². The van der Waals surface area contributed by atoms with Crippen LogP contribution in [0.2, 0.25) is 0 Å². The molecule has 170 valence electrons. The second kappa shape index (κ2) is 10.8. The Morgan fingerprint density at radius 2 is 2.00 bits per heavy atom. The molecular weight excluding hydrogens is 456 g/mol. The highest BCUT2D eigenvalue weighted by atomic mass is 32.2. The molecule has 0 aliphatic carbocycles. The first-order valence-electron chi connectivity index (χ1n) is 10.2. The van der Waals surface area contributed by atoms with Crippen LogP contribution in [0.1, 0.15) is 19.5 Å². The number of morpholine rings is 1. The third kappa shape index (κ3) is 5.98. The van der Waals surface area contributed by atoms with E-state index in [1.807, 2.05) is 26.2 Å². The smallest absolute Gasteiger partial charge is 0.243 e. The first-order chi connectivity index (χ1) is 14.8. The van der Waals surface area contributed by atoms with Crippen molar-refractivity contribution >= 4 is 50.4 Å². The summed E-state index contributed by atoms with van der Waals surface area (Å²) in [5.74, 6) is -0.00220. The van der Waals surface area contributed by atoms with Gasteiger partial charge in [0.1, 0.15) is 0 Å². The molecule has 0 bridgehead atoms. The minimum absolute atomic E-state index is 0.170. The molecule has 2 heterocycles. The molecule has 0 atom stereocenters. The van der Waals surface area contributed by atoms with Crippen LogP contribution in [-0.4, -0.2) is 68.8 Å². The van der Waals surface area contributed by atoms with Crippen molar-refractivity contribution in [1.29, 1.82) is 0 Å². The zero-order valence-electron chi connectivity index (χ0n) is 18.0. The Bertz CT molecular complexity index is 1000. The van der Waals surface area contributed by atoms with Gasteiger partial charge >= 0.3 is 0 Å². The van der Waals surface area contributed by atoms with Gasteiger partial charge in [-0.1, -0.05) is 11.8 Å². The van der Waals surface area contributed by atoms with Crippen LogP contribution in [0.3, 0.4) is 0 Å². The first kappa shape index (κ1) is 24.0. The summed E-state index contributed by atoms with van der Waals surface area (Å²) < 4.78 is 33.7. The Kier molecular flexibility index (Phi) is 8.34. The molecule has 1 aromatic carbocycles. The molecule has 1 saturated heterocycles. The molecule has 31 heavy (non-hydrogen) atoms. The van der Waals surface area contributed by atoms with Gasteiger partial charge in [0.05, 0.1) is 35.2 Å². The van der Waals surface area contributed by atoms with E-state index in [2.05, 4.69) is 15.2 Å². The molecule has 0 spiro atoms. The normalized spacial score (nSPS) is 15.1. The number of aromatic nitrogens is 1. The van der Waals surface area contributed by atoms with Crippen molar-refractivity contribution in [1.82, 2.24) is 9.29 Å². The lowest BCUT2D eigenvalue weighted by Crippen LogP contribution is -2.40. The van der Waals surface area contributed by atoms with Crippen LogP contribution in [0.25, 0.3) is 0 Å². The molecule has 2 aromatic rings. The Balaban J connectivity index is 1.84. The summed E-state index contributed by atoms with van der Waals surface area (Å²) in [5.41, 5.74) is 2.23. The summed E-state index contributed by atoms with van der Waals surface area (Å²) in [6, 6.07) is 4.95. The molecule has 1 aliphatic rings. The number of carbonyl (C=O) groups is 1. The van der Waals surface area contributed by atoms with Gasteiger partial charge < -0.3 is 15.0 Å². The molecule has 8 nitrogen and oxygen atoms in total. The maximum Gasteiger partial charge on any atom is 0.243 e. The highest BCUT2D eigenvalue weighted by Crippen LogP contribution is 2.31. The number of rotatable bonds is 9. The monoisotopic (exact) mass is 484 g/mol. The number of benzene rings is 1. The number of aryl methyl sites for hydroxylation is 1. The summed E-state index contributed by atoms with van der Waals surface area (Å²) in [6.45, 7) is 8.85. The number of carbonyl (C=O) groups excluding carboxylic acids is 1. The van der Waals surface area contributed by atoms with E-state index in [1.54, 1.807) is 18.2 Å². The minimum Gasteiger partial charge on any atom is -0.379 e. The summed E-state index contributed by atoms with van der Waals surface area (Å²) in [6.07, 6.45) is 0. The van der Waals surface area contributed by atoms with Crippen LogP contribution >= 0.6 is 23.1 Å². The fraction of sp³-hybridized carbons (Fsp3) is 0.500.